The molecule has 0 aromatic carbocycles. The Kier molecular flexibility index (Phi) is 4.69. The van der Waals surface area contributed by atoms with Gasteiger partial charge in [-0.3, -0.25) is 0 Å². The third-order valence-corrected chi connectivity index (χ3v) is 4.35. The first-order valence-electron chi connectivity index (χ1n) is 4.30. The summed E-state index contributed by atoms with van der Waals surface area (Å²) >= 11 is 4.87. The molecule has 0 N–H and O–H groups in total. The van der Waals surface area contributed by atoms with Crippen LogP contribution in [0.15, 0.2) is 5.38 Å². The largest absolute Gasteiger partial charge is 0.464 e. The lowest BCUT2D eigenvalue weighted by molar-refractivity contribution is 0.0594. The van der Waals surface area contributed by atoms with Crippen molar-refractivity contribution in [1.29, 1.82) is 0 Å². The Hall–Kier alpha value is -0.460. The van der Waals surface area contributed by atoms with Gasteiger partial charge >= 0.3 is 5.97 Å². The fourth-order valence-corrected chi connectivity index (χ4v) is 2.43. The van der Waals surface area contributed by atoms with Crippen molar-refractivity contribution in [1.82, 2.24) is 4.98 Å². The molecule has 15 heavy (non-hydrogen) atoms. The number of alkyl halides is 1. The van der Waals surface area contributed by atoms with Crippen LogP contribution in [0.2, 0.25) is 0 Å². The number of halogens is 1. The number of methoxy groups -OCH3 is 2. The third-order valence-electron chi connectivity index (χ3n) is 1.94. The molecule has 1 rings (SSSR count). The molecule has 2 atom stereocenters. The molecule has 0 spiro atoms. The Balaban J connectivity index is 2.79. The van der Waals surface area contributed by atoms with E-state index in [1.54, 1.807) is 12.5 Å². The van der Waals surface area contributed by atoms with Crippen molar-refractivity contribution in [3.63, 3.8) is 0 Å². The smallest absolute Gasteiger partial charge is 0.357 e. The number of carbonyl (C=O) groups excluding carboxylic acids is 1. The average molecular weight is 294 g/mol. The molecule has 84 valence electrons. The minimum atomic E-state index is -0.415. The van der Waals surface area contributed by atoms with Crippen LogP contribution < -0.4 is 0 Å². The number of thiazole rings is 1. The van der Waals surface area contributed by atoms with Crippen molar-refractivity contribution in [3.05, 3.63) is 16.1 Å². The van der Waals surface area contributed by atoms with E-state index in [0.717, 1.165) is 5.01 Å². The molecule has 0 saturated heterocycles. The molecule has 1 aromatic heterocycles. The van der Waals surface area contributed by atoms with Gasteiger partial charge in [-0.1, -0.05) is 15.9 Å². The summed E-state index contributed by atoms with van der Waals surface area (Å²) in [5, 5.41) is 2.49. The molecular formula is C9H12BrNO3S. The zero-order chi connectivity index (χ0) is 11.4. The van der Waals surface area contributed by atoms with E-state index in [2.05, 4.69) is 25.7 Å². The van der Waals surface area contributed by atoms with E-state index in [1.807, 2.05) is 6.92 Å². The highest BCUT2D eigenvalue weighted by Crippen LogP contribution is 2.30. The number of hydrogen-bond donors (Lipinski definition) is 0. The van der Waals surface area contributed by atoms with E-state index >= 15 is 0 Å². The van der Waals surface area contributed by atoms with Crippen LogP contribution in [0.1, 0.15) is 27.2 Å². The van der Waals surface area contributed by atoms with Gasteiger partial charge in [-0.25, -0.2) is 9.78 Å². The van der Waals surface area contributed by atoms with Crippen LogP contribution in [0.4, 0.5) is 0 Å². The molecule has 1 heterocycles. The number of aromatic nitrogens is 1. The van der Waals surface area contributed by atoms with Crippen molar-refractivity contribution in [2.45, 2.75) is 17.9 Å². The highest BCUT2D eigenvalue weighted by molar-refractivity contribution is 9.09. The fraction of sp³-hybridized carbons (Fsp3) is 0.556. The van der Waals surface area contributed by atoms with Crippen LogP contribution in [-0.4, -0.2) is 31.3 Å². The van der Waals surface area contributed by atoms with Crippen LogP contribution in [-0.2, 0) is 9.47 Å². The minimum absolute atomic E-state index is 0.00152. The lowest BCUT2D eigenvalue weighted by Gasteiger charge is -2.13. The number of esters is 1. The molecule has 0 fully saturated rings. The van der Waals surface area contributed by atoms with E-state index in [4.69, 9.17) is 4.74 Å². The first-order chi connectivity index (χ1) is 7.10. The topological polar surface area (TPSA) is 48.4 Å². The molecule has 0 bridgehead atoms. The van der Waals surface area contributed by atoms with Crippen LogP contribution in [0, 0.1) is 0 Å². The molecular weight excluding hydrogens is 282 g/mol. The SMILES string of the molecule is COC(=O)c1csc(C(Br)C(C)OC)n1. The summed E-state index contributed by atoms with van der Waals surface area (Å²) in [4.78, 5) is 15.3. The first-order valence-corrected chi connectivity index (χ1v) is 6.10. The molecule has 0 aliphatic heterocycles. The van der Waals surface area contributed by atoms with Gasteiger partial charge in [0.1, 0.15) is 5.01 Å². The summed E-state index contributed by atoms with van der Waals surface area (Å²) in [6, 6.07) is 0. The molecule has 0 saturated carbocycles. The first kappa shape index (κ1) is 12.6. The van der Waals surface area contributed by atoms with Gasteiger partial charge in [0, 0.05) is 12.5 Å². The van der Waals surface area contributed by atoms with Gasteiger partial charge in [-0.15, -0.1) is 11.3 Å². The molecule has 0 radical (unpaired) electrons. The zero-order valence-corrected chi connectivity index (χ0v) is 11.1. The second kappa shape index (κ2) is 5.58. The molecule has 0 amide bonds. The van der Waals surface area contributed by atoms with E-state index in [0.29, 0.717) is 5.69 Å². The van der Waals surface area contributed by atoms with Crippen molar-refractivity contribution in [2.75, 3.05) is 14.2 Å². The van der Waals surface area contributed by atoms with Gasteiger partial charge in [-0.2, -0.15) is 0 Å². The Labute approximate surface area is 101 Å². The Morgan fingerprint density at radius 1 is 1.60 bits per heavy atom. The van der Waals surface area contributed by atoms with Crippen LogP contribution >= 0.6 is 27.3 Å². The van der Waals surface area contributed by atoms with Crippen LogP contribution in [0.25, 0.3) is 0 Å². The predicted molar refractivity (Wildman–Crippen MR) is 61.6 cm³/mol. The number of ether oxygens (including phenoxy) is 2. The normalized spacial score (nSPS) is 14.7. The standard InChI is InChI=1S/C9H12BrNO3S/c1-5(13-2)7(10)8-11-6(4-15-8)9(12)14-3/h4-5,7H,1-3H3. The van der Waals surface area contributed by atoms with Crippen LogP contribution in [0.3, 0.4) is 0 Å². The Morgan fingerprint density at radius 3 is 2.80 bits per heavy atom. The summed E-state index contributed by atoms with van der Waals surface area (Å²) < 4.78 is 9.74. The summed E-state index contributed by atoms with van der Waals surface area (Å²) in [5.74, 6) is -0.415. The minimum Gasteiger partial charge on any atom is -0.464 e. The van der Waals surface area contributed by atoms with Gasteiger partial charge in [0.15, 0.2) is 5.69 Å². The maximum atomic E-state index is 11.2. The highest BCUT2D eigenvalue weighted by atomic mass is 79.9. The van der Waals surface area contributed by atoms with Crippen molar-refractivity contribution in [3.8, 4) is 0 Å². The van der Waals surface area contributed by atoms with Crippen molar-refractivity contribution in [2.24, 2.45) is 0 Å². The van der Waals surface area contributed by atoms with Crippen molar-refractivity contribution >= 4 is 33.2 Å². The lowest BCUT2D eigenvalue weighted by atomic mass is 10.3. The van der Waals surface area contributed by atoms with E-state index in [-0.39, 0.29) is 10.9 Å². The molecule has 6 heteroatoms. The van der Waals surface area contributed by atoms with Gasteiger partial charge in [0.25, 0.3) is 0 Å². The number of rotatable bonds is 4. The lowest BCUT2D eigenvalue weighted by Crippen LogP contribution is -2.12. The summed E-state index contributed by atoms with van der Waals surface area (Å²) in [6.07, 6.45) is 0.00152. The quantitative estimate of drug-likeness (QED) is 0.632. The second-order valence-corrected chi connectivity index (χ2v) is 4.78. The molecule has 0 aliphatic rings. The maximum Gasteiger partial charge on any atom is 0.357 e. The van der Waals surface area contributed by atoms with E-state index in [1.165, 1.54) is 18.4 Å². The zero-order valence-electron chi connectivity index (χ0n) is 8.69. The van der Waals surface area contributed by atoms with Crippen molar-refractivity contribution < 1.29 is 14.3 Å². The maximum absolute atomic E-state index is 11.2. The molecule has 4 nitrogen and oxygen atoms in total. The molecule has 2 unspecified atom stereocenters. The monoisotopic (exact) mass is 293 g/mol. The van der Waals surface area contributed by atoms with Gasteiger partial charge < -0.3 is 9.47 Å². The fourth-order valence-electron chi connectivity index (χ4n) is 0.933. The summed E-state index contributed by atoms with van der Waals surface area (Å²) in [5.41, 5.74) is 0.338. The van der Waals surface area contributed by atoms with Gasteiger partial charge in [0.2, 0.25) is 0 Å². The second-order valence-electron chi connectivity index (χ2n) is 2.91. The Morgan fingerprint density at radius 2 is 2.27 bits per heavy atom. The Bertz CT molecular complexity index is 342. The van der Waals surface area contributed by atoms with Crippen LogP contribution in [0.5, 0.6) is 0 Å². The summed E-state index contributed by atoms with van der Waals surface area (Å²) in [6.45, 7) is 1.93. The predicted octanol–water partition coefficient (Wildman–Crippen LogP) is 2.40. The number of hydrogen-bond acceptors (Lipinski definition) is 5. The third kappa shape index (κ3) is 2.99. The number of nitrogens with zero attached hydrogens (tertiary/aromatic N) is 1. The van der Waals surface area contributed by atoms with E-state index < -0.39 is 5.97 Å². The van der Waals surface area contributed by atoms with E-state index in [9.17, 15) is 4.79 Å². The molecule has 0 aliphatic carbocycles. The van der Waals surface area contributed by atoms with Gasteiger partial charge in [-0.05, 0) is 6.92 Å². The average Bonchev–Trinajstić information content (AvgIpc) is 2.75. The molecule has 1 aromatic rings. The highest BCUT2D eigenvalue weighted by Gasteiger charge is 2.21. The summed E-state index contributed by atoms with van der Waals surface area (Å²) in [7, 11) is 2.97. The number of carbonyl (C=O) groups is 1. The van der Waals surface area contributed by atoms with Gasteiger partial charge in [0.05, 0.1) is 18.0 Å².